The summed E-state index contributed by atoms with van der Waals surface area (Å²) < 4.78 is 74.9. The van der Waals surface area contributed by atoms with Crippen LogP contribution in [0.4, 0.5) is 0 Å². The Morgan fingerprint density at radius 2 is 2.09 bits per heavy atom. The molecular formula is C27H40O6. The Labute approximate surface area is 209 Å². The molecule has 1 unspecified atom stereocenters. The van der Waals surface area contributed by atoms with Crippen LogP contribution in [0.15, 0.2) is 23.8 Å². The van der Waals surface area contributed by atoms with Gasteiger partial charge in [0.15, 0.2) is 6.10 Å². The van der Waals surface area contributed by atoms with E-state index in [-0.39, 0.29) is 24.9 Å². The molecule has 0 amide bonds. The normalized spacial score (nSPS) is 33.5. The highest BCUT2D eigenvalue weighted by Crippen LogP contribution is 2.50. The van der Waals surface area contributed by atoms with E-state index in [1.165, 1.54) is 26.8 Å². The average molecular weight is 469 g/mol. The van der Waals surface area contributed by atoms with Crippen molar-refractivity contribution in [3.8, 4) is 11.8 Å². The fourth-order valence-electron chi connectivity index (χ4n) is 4.29. The minimum absolute atomic E-state index is 0.00878. The van der Waals surface area contributed by atoms with Crippen molar-refractivity contribution >= 4 is 11.9 Å². The molecule has 0 saturated heterocycles. The zero-order chi connectivity index (χ0) is 31.6. The van der Waals surface area contributed by atoms with E-state index in [2.05, 4.69) is 11.8 Å². The van der Waals surface area contributed by atoms with Gasteiger partial charge in [-0.25, -0.2) is 4.79 Å². The molecule has 2 fully saturated rings. The molecule has 184 valence electrons. The zero-order valence-electron chi connectivity index (χ0n) is 27.6. The standard InChI is InChI=1S/C27H40O6/c1-5-7-10-18(3)24(28)14-13-22-23-16-20(15-21(23)17-25(22)29)11-8-9-12-26(30)33-19(4)27(31)32-6-2/h11,13-14,18-19,21-25,28-29H,6,8-10,12,15-17H2,1-4H3/b14-13+,20-11+/t18?,19-,21-,22+,23-,24+,25+/m0/s1/i8D2,9D2,10D2,12D2. The Kier molecular flexibility index (Phi) is 7.13. The van der Waals surface area contributed by atoms with Crippen LogP contribution in [-0.4, -0.2) is 47.1 Å². The van der Waals surface area contributed by atoms with Crippen LogP contribution in [-0.2, 0) is 19.1 Å². The first-order valence-electron chi connectivity index (χ1n) is 15.3. The summed E-state index contributed by atoms with van der Waals surface area (Å²) in [4.78, 5) is 24.3. The van der Waals surface area contributed by atoms with E-state index in [1.54, 1.807) is 6.08 Å². The molecule has 0 aromatic carbocycles. The molecule has 6 heteroatoms. The van der Waals surface area contributed by atoms with Gasteiger partial charge in [-0.15, -0.1) is 11.8 Å². The van der Waals surface area contributed by atoms with Gasteiger partial charge in [0.25, 0.3) is 0 Å². The predicted molar refractivity (Wildman–Crippen MR) is 127 cm³/mol. The van der Waals surface area contributed by atoms with Crippen LogP contribution in [0.2, 0.25) is 0 Å². The third kappa shape index (κ3) is 8.32. The van der Waals surface area contributed by atoms with Crippen molar-refractivity contribution in [3.05, 3.63) is 23.8 Å². The van der Waals surface area contributed by atoms with Crippen LogP contribution in [0.1, 0.15) is 83.4 Å². The molecule has 6 nitrogen and oxygen atoms in total. The summed E-state index contributed by atoms with van der Waals surface area (Å²) in [6, 6.07) is 0. The van der Waals surface area contributed by atoms with Crippen LogP contribution in [0.3, 0.4) is 0 Å². The molecule has 2 N–H and O–H groups in total. The lowest BCUT2D eigenvalue weighted by Gasteiger charge is -2.19. The topological polar surface area (TPSA) is 93.1 Å². The van der Waals surface area contributed by atoms with E-state index in [1.807, 2.05) is 0 Å². The number of aliphatic hydroxyl groups excluding tert-OH is 2. The predicted octanol–water partition coefficient (Wildman–Crippen LogP) is 3.95. The number of aliphatic hydroxyl groups is 2. The van der Waals surface area contributed by atoms with Crippen molar-refractivity contribution in [2.24, 2.45) is 23.7 Å². The molecule has 33 heavy (non-hydrogen) atoms. The van der Waals surface area contributed by atoms with Gasteiger partial charge in [0, 0.05) is 29.6 Å². The molecule has 0 radical (unpaired) electrons. The second-order valence-electron chi connectivity index (χ2n) is 8.39. The van der Waals surface area contributed by atoms with E-state index in [4.69, 9.17) is 20.4 Å². The first kappa shape index (κ1) is 17.4. The van der Waals surface area contributed by atoms with Gasteiger partial charge in [-0.2, -0.15) is 0 Å². The van der Waals surface area contributed by atoms with E-state index in [9.17, 15) is 19.8 Å². The van der Waals surface area contributed by atoms with Gasteiger partial charge < -0.3 is 19.7 Å². The van der Waals surface area contributed by atoms with Crippen LogP contribution in [0, 0.1) is 35.5 Å². The van der Waals surface area contributed by atoms with Crippen LogP contribution >= 0.6 is 0 Å². The molecule has 2 rings (SSSR count). The minimum atomic E-state index is -3.45. The molecule has 0 aromatic heterocycles. The van der Waals surface area contributed by atoms with E-state index in [0.717, 1.165) is 13.0 Å². The van der Waals surface area contributed by atoms with Crippen molar-refractivity contribution < 1.29 is 40.2 Å². The number of esters is 2. The fraction of sp³-hybridized carbons (Fsp3) is 0.704. The summed E-state index contributed by atoms with van der Waals surface area (Å²) in [5, 5.41) is 21.2. The first-order chi connectivity index (χ1) is 18.7. The molecule has 0 aliphatic heterocycles. The first-order valence-corrected chi connectivity index (χ1v) is 11.3. The number of allylic oxidation sites excluding steroid dienone is 2. The minimum Gasteiger partial charge on any atom is -0.463 e. The van der Waals surface area contributed by atoms with E-state index >= 15 is 0 Å². The molecule has 2 aliphatic carbocycles. The van der Waals surface area contributed by atoms with Gasteiger partial charge in [-0.1, -0.05) is 30.7 Å². The van der Waals surface area contributed by atoms with Crippen molar-refractivity contribution in [1.82, 2.24) is 0 Å². The Bertz CT molecular complexity index is 1090. The Morgan fingerprint density at radius 3 is 2.79 bits per heavy atom. The highest BCUT2D eigenvalue weighted by atomic mass is 16.6. The van der Waals surface area contributed by atoms with Crippen molar-refractivity contribution in [2.75, 3.05) is 6.61 Å². The number of carbonyl (C=O) groups excluding carboxylic acids is 2. The smallest absolute Gasteiger partial charge is 0.347 e. The summed E-state index contributed by atoms with van der Waals surface area (Å²) in [6.07, 6.45) is -10.0. The highest BCUT2D eigenvalue weighted by Gasteiger charge is 2.45. The summed E-state index contributed by atoms with van der Waals surface area (Å²) >= 11 is 0. The van der Waals surface area contributed by atoms with Gasteiger partial charge in [0.2, 0.25) is 0 Å². The van der Waals surface area contributed by atoms with E-state index in [0.29, 0.717) is 18.4 Å². The molecule has 0 heterocycles. The lowest BCUT2D eigenvalue weighted by Crippen LogP contribution is -2.26. The van der Waals surface area contributed by atoms with Crippen molar-refractivity contribution in [2.45, 2.75) is 90.8 Å². The average Bonchev–Trinajstić information content (AvgIpc) is 3.36. The molecule has 0 spiro atoms. The summed E-state index contributed by atoms with van der Waals surface area (Å²) in [5.74, 6) is 0.811. The van der Waals surface area contributed by atoms with Crippen molar-refractivity contribution in [3.63, 3.8) is 0 Å². The number of rotatable bonds is 11. The summed E-state index contributed by atoms with van der Waals surface area (Å²) in [7, 11) is 0. The number of ether oxygens (including phenoxy) is 2. The summed E-state index contributed by atoms with van der Waals surface area (Å²) in [5.41, 5.74) is 0.506. The third-order valence-corrected chi connectivity index (χ3v) is 5.99. The van der Waals surface area contributed by atoms with Crippen molar-refractivity contribution in [1.29, 1.82) is 0 Å². The monoisotopic (exact) mass is 468 g/mol. The maximum atomic E-state index is 12.5. The largest absolute Gasteiger partial charge is 0.463 e. The fourth-order valence-corrected chi connectivity index (χ4v) is 4.29. The molecule has 2 saturated carbocycles. The SMILES string of the molecule is [2H]C([2H])(C#CC)C(C)[C@H](O)/C=C/[C@@H]1[C@H]2C/C(=C/C([2H])([2H])C([2H])([2H])C([2H])([2H])C(=O)O[C@@H](C)C(=O)OCC)C[C@H]2C[C@H]1O. The van der Waals surface area contributed by atoms with E-state index < -0.39 is 67.6 Å². The number of carbonyl (C=O) groups is 2. The molecule has 0 aromatic rings. The second-order valence-corrected chi connectivity index (χ2v) is 8.39. The molecule has 0 bridgehead atoms. The van der Waals surface area contributed by atoms with Gasteiger partial charge in [0.05, 0.1) is 18.8 Å². The van der Waals surface area contributed by atoms with Crippen LogP contribution in [0.5, 0.6) is 0 Å². The Morgan fingerprint density at radius 1 is 1.33 bits per heavy atom. The molecule has 2 aliphatic rings. The second kappa shape index (κ2) is 13.6. The Balaban J connectivity index is 2.20. The number of hydrogen-bond acceptors (Lipinski definition) is 6. The highest BCUT2D eigenvalue weighted by molar-refractivity contribution is 5.78. The Hall–Kier alpha value is -2.10. The molecular weight excluding hydrogens is 420 g/mol. The molecule has 7 atom stereocenters. The quantitative estimate of drug-likeness (QED) is 0.271. The maximum absolute atomic E-state index is 12.5. The lowest BCUT2D eigenvalue weighted by atomic mass is 9.89. The van der Waals surface area contributed by atoms with Gasteiger partial charge in [-0.3, -0.25) is 4.79 Å². The van der Waals surface area contributed by atoms with Gasteiger partial charge in [0.1, 0.15) is 0 Å². The zero-order valence-corrected chi connectivity index (χ0v) is 19.6. The van der Waals surface area contributed by atoms with Gasteiger partial charge >= 0.3 is 11.9 Å². The number of hydrogen-bond donors (Lipinski definition) is 2. The van der Waals surface area contributed by atoms with Crippen LogP contribution < -0.4 is 0 Å². The summed E-state index contributed by atoms with van der Waals surface area (Å²) in [6.45, 7) is 5.70. The maximum Gasteiger partial charge on any atom is 0.347 e. The van der Waals surface area contributed by atoms with Gasteiger partial charge in [-0.05, 0) is 70.5 Å². The lowest BCUT2D eigenvalue weighted by molar-refractivity contribution is -0.166. The number of fused-ring (bicyclic) bond motifs is 1. The third-order valence-electron chi connectivity index (χ3n) is 5.99. The van der Waals surface area contributed by atoms with Crippen LogP contribution in [0.25, 0.3) is 0 Å².